The zero-order valence-electron chi connectivity index (χ0n) is 49.5. The third kappa shape index (κ3) is 7.26. The van der Waals surface area contributed by atoms with Crippen molar-refractivity contribution in [2.75, 3.05) is 9.80 Å². The van der Waals surface area contributed by atoms with Crippen molar-refractivity contribution in [2.45, 2.75) is 52.4 Å². The second-order valence-electron chi connectivity index (χ2n) is 26.4. The highest BCUT2D eigenvalue weighted by molar-refractivity contribution is 7.03. The number of hydrogen-bond acceptors (Lipinski definition) is 4. The van der Waals surface area contributed by atoms with Crippen molar-refractivity contribution in [1.29, 1.82) is 0 Å². The average Bonchev–Trinajstić information content (AvgIpc) is 0.728. The fraction of sp³-hybridized carbons (Fsp3) is 0.0976. The van der Waals surface area contributed by atoms with Gasteiger partial charge in [-0.3, -0.25) is 0 Å². The first kappa shape index (κ1) is 50.0. The van der Waals surface area contributed by atoms with Gasteiger partial charge in [-0.05, 0) is 179 Å². The third-order valence-electron chi connectivity index (χ3n) is 19.4. The largest absolute Gasteiger partial charge is 0.311 e. The molecule has 2 aliphatic rings. The molecule has 15 aromatic carbocycles. The molecule has 1 aromatic heterocycles. The van der Waals surface area contributed by atoms with E-state index in [-0.39, 0.29) is 17.5 Å². The lowest BCUT2D eigenvalue weighted by molar-refractivity contribution is 0.590. The van der Waals surface area contributed by atoms with Gasteiger partial charge in [-0.1, -0.05) is 236 Å². The maximum atomic E-state index is 5.63. The molecule has 0 amide bonds. The molecule has 0 spiro atoms. The number of anilines is 6. The van der Waals surface area contributed by atoms with E-state index in [1.807, 2.05) is 0 Å². The Morgan fingerprint density at radius 3 is 1.07 bits per heavy atom. The maximum absolute atomic E-state index is 5.63. The van der Waals surface area contributed by atoms with Crippen LogP contribution in [0.3, 0.4) is 0 Å². The summed E-state index contributed by atoms with van der Waals surface area (Å²) in [5.74, 6) is 0.683. The van der Waals surface area contributed by atoms with Crippen LogP contribution in [0.1, 0.15) is 52.7 Å². The van der Waals surface area contributed by atoms with Gasteiger partial charge in [-0.25, -0.2) is 9.97 Å². The molecule has 0 saturated heterocycles. The normalized spacial score (nSPS) is 13.3. The Kier molecular flexibility index (Phi) is 10.4. The molecule has 5 heteroatoms. The summed E-state index contributed by atoms with van der Waals surface area (Å²) in [4.78, 5) is 16.2. The fourth-order valence-electron chi connectivity index (χ4n) is 15.4. The molecule has 2 aliphatic heterocycles. The number of nitrogens with zero attached hydrogens (tertiary/aromatic N) is 4. The summed E-state index contributed by atoms with van der Waals surface area (Å²) in [5, 5.41) is 20.5. The summed E-state index contributed by atoms with van der Waals surface area (Å²) >= 11 is 0. The summed E-state index contributed by atoms with van der Waals surface area (Å²) < 4.78 is 0. The Morgan fingerprint density at radius 1 is 0.287 bits per heavy atom. The molecule has 87 heavy (non-hydrogen) atoms. The van der Waals surface area contributed by atoms with Crippen molar-refractivity contribution in [3.05, 3.63) is 260 Å². The van der Waals surface area contributed by atoms with Crippen molar-refractivity contribution in [1.82, 2.24) is 9.97 Å². The van der Waals surface area contributed by atoms with Crippen LogP contribution in [-0.4, -0.2) is 16.7 Å². The lowest BCUT2D eigenvalue weighted by Gasteiger charge is -2.45. The molecule has 0 N–H and O–H groups in total. The van der Waals surface area contributed by atoms with E-state index in [9.17, 15) is 0 Å². The maximum Gasteiger partial charge on any atom is 0.253 e. The van der Waals surface area contributed by atoms with Crippen LogP contribution in [0.15, 0.2) is 249 Å². The predicted molar refractivity (Wildman–Crippen MR) is 372 cm³/mol. The van der Waals surface area contributed by atoms with E-state index < -0.39 is 0 Å². The van der Waals surface area contributed by atoms with Crippen LogP contribution >= 0.6 is 0 Å². The second kappa shape index (κ2) is 18.1. The average molecular weight is 1110 g/mol. The van der Waals surface area contributed by atoms with Crippen LogP contribution in [0.5, 0.6) is 0 Å². The Bertz CT molecular complexity index is 5180. The van der Waals surface area contributed by atoms with Crippen LogP contribution in [-0.2, 0) is 10.8 Å². The molecular weight excluding hydrogens is 1050 g/mol. The van der Waals surface area contributed by atoms with Crippen molar-refractivity contribution < 1.29 is 0 Å². The summed E-state index contributed by atoms with van der Waals surface area (Å²) in [7, 11) is 0. The van der Waals surface area contributed by atoms with Gasteiger partial charge < -0.3 is 9.80 Å². The number of rotatable bonds is 5. The highest BCUT2D eigenvalue weighted by Gasteiger charge is 2.46. The van der Waals surface area contributed by atoms with E-state index in [1.54, 1.807) is 0 Å². The van der Waals surface area contributed by atoms with E-state index in [4.69, 9.17) is 9.97 Å². The first-order valence-corrected chi connectivity index (χ1v) is 30.7. The van der Waals surface area contributed by atoms with Gasteiger partial charge >= 0.3 is 0 Å². The minimum absolute atomic E-state index is 0.0502. The number of aromatic nitrogens is 2. The van der Waals surface area contributed by atoms with E-state index in [1.165, 1.54) is 125 Å². The summed E-state index contributed by atoms with van der Waals surface area (Å²) in [6.45, 7) is 13.6. The Balaban J connectivity index is 1.05. The molecule has 0 unspecified atom stereocenters. The van der Waals surface area contributed by atoms with Crippen molar-refractivity contribution in [3.8, 4) is 33.9 Å². The standard InChI is InChI=1S/C82H59BN4/c1-81(2,3)53-35-39-55(40-36-53)86-69-43-52(68-47-67(48-19-9-7-10-20-48)84-80(85-68)51-21-11-8-12-22-51)44-70-79(69)83(77-63-33-17-31-59-57-27-13-23-49-25-15-29-61(73(49)57)65(75(59)63)45-71(77)86)78-64-34-18-32-60-58-28-14-24-50-26-16-30-62(74(50)58)66(76(60)64)46-72(78)87(70)56-41-37-54(38-42-56)82(4,5)6/h7-47H,1-6H3. The molecule has 0 atom stereocenters. The Morgan fingerprint density at radius 2 is 0.644 bits per heavy atom. The summed E-state index contributed by atoms with van der Waals surface area (Å²) in [5.41, 5.74) is 17.9. The first-order chi connectivity index (χ1) is 42.4. The molecule has 16 aromatic rings. The lowest BCUT2D eigenvalue weighted by atomic mass is 9.32. The van der Waals surface area contributed by atoms with Crippen LogP contribution in [0, 0.1) is 0 Å². The summed E-state index contributed by atoms with van der Waals surface area (Å²) in [6, 6.07) is 93.9. The number of fused-ring (bicyclic) bond motifs is 10. The monoisotopic (exact) mass is 1110 g/mol. The van der Waals surface area contributed by atoms with Gasteiger partial charge in [0.15, 0.2) is 5.82 Å². The minimum atomic E-state index is -0.219. The van der Waals surface area contributed by atoms with Crippen molar-refractivity contribution in [3.63, 3.8) is 0 Å². The molecule has 4 nitrogen and oxygen atoms in total. The molecule has 3 heterocycles. The molecule has 0 aliphatic carbocycles. The molecule has 0 saturated carbocycles. The number of hydrogen-bond donors (Lipinski definition) is 0. The van der Waals surface area contributed by atoms with Crippen LogP contribution < -0.4 is 26.2 Å². The van der Waals surface area contributed by atoms with Crippen molar-refractivity contribution in [2.24, 2.45) is 0 Å². The lowest BCUT2D eigenvalue weighted by Crippen LogP contribution is -2.61. The van der Waals surface area contributed by atoms with Crippen LogP contribution in [0.2, 0.25) is 0 Å². The van der Waals surface area contributed by atoms with Gasteiger partial charge in [0.2, 0.25) is 0 Å². The van der Waals surface area contributed by atoms with Gasteiger partial charge in [-0.15, -0.1) is 0 Å². The quantitative estimate of drug-likeness (QED) is 0.0977. The smallest absolute Gasteiger partial charge is 0.253 e. The minimum Gasteiger partial charge on any atom is -0.311 e. The highest BCUT2D eigenvalue weighted by atomic mass is 15.2. The summed E-state index contributed by atoms with van der Waals surface area (Å²) in [6.07, 6.45) is 0. The molecule has 410 valence electrons. The molecular formula is C82H59BN4. The van der Waals surface area contributed by atoms with Gasteiger partial charge in [-0.2, -0.15) is 0 Å². The van der Waals surface area contributed by atoms with Crippen molar-refractivity contribution >= 4 is 143 Å². The van der Waals surface area contributed by atoms with Gasteiger partial charge in [0.1, 0.15) is 0 Å². The molecule has 0 fully saturated rings. The van der Waals surface area contributed by atoms with E-state index >= 15 is 0 Å². The molecule has 0 bridgehead atoms. The van der Waals surface area contributed by atoms with Gasteiger partial charge in [0.25, 0.3) is 6.71 Å². The van der Waals surface area contributed by atoms with Crippen LogP contribution in [0.25, 0.3) is 120 Å². The van der Waals surface area contributed by atoms with Gasteiger partial charge in [0, 0.05) is 50.8 Å². The third-order valence-corrected chi connectivity index (χ3v) is 19.4. The van der Waals surface area contributed by atoms with E-state index in [0.717, 1.165) is 50.8 Å². The SMILES string of the molecule is CC(C)(C)c1ccc(N2c3cc(-c4cc(-c5ccccc5)nc(-c5ccccc5)n4)cc4c3B(c3c2cc2c5cccc6cccc(c7cccc3c72)c65)c2c(cc3c5cccc6cccc(c7cccc2c73)c65)N4c2ccc(C(C)(C)C)cc2)cc1. The Labute approximate surface area is 506 Å². The Hall–Kier alpha value is -10.4. The zero-order chi connectivity index (χ0) is 58.2. The second-order valence-corrected chi connectivity index (χ2v) is 26.4. The molecule has 0 radical (unpaired) electrons. The predicted octanol–water partition coefficient (Wildman–Crippen LogP) is 20.3. The highest BCUT2D eigenvalue weighted by Crippen LogP contribution is 2.52. The number of benzene rings is 15. The zero-order valence-corrected chi connectivity index (χ0v) is 49.5. The first-order valence-electron chi connectivity index (χ1n) is 30.7. The van der Waals surface area contributed by atoms with Crippen LogP contribution in [0.4, 0.5) is 34.1 Å². The van der Waals surface area contributed by atoms with E-state index in [2.05, 4.69) is 300 Å². The van der Waals surface area contributed by atoms with Gasteiger partial charge in [0.05, 0.1) is 11.4 Å². The fourth-order valence-corrected chi connectivity index (χ4v) is 15.4. The molecule has 18 rings (SSSR count). The topological polar surface area (TPSA) is 32.3 Å². The van der Waals surface area contributed by atoms with E-state index in [0.29, 0.717) is 5.82 Å².